The van der Waals surface area contributed by atoms with Crippen molar-refractivity contribution in [3.8, 4) is 0 Å². The van der Waals surface area contributed by atoms with E-state index in [1.54, 1.807) is 24.3 Å². The third-order valence-electron chi connectivity index (χ3n) is 4.16. The highest BCUT2D eigenvalue weighted by atomic mass is 79.9. The molecule has 9 heteroatoms. The molecule has 0 aliphatic carbocycles. The maximum absolute atomic E-state index is 11.1. The molecule has 7 nitrogen and oxygen atoms in total. The molecule has 0 spiro atoms. The highest BCUT2D eigenvalue weighted by molar-refractivity contribution is 9.10. The van der Waals surface area contributed by atoms with Crippen molar-refractivity contribution in [1.82, 2.24) is 4.98 Å². The number of ether oxygens (including phenoxy) is 1. The van der Waals surface area contributed by atoms with Crippen LogP contribution in [-0.4, -0.2) is 59.1 Å². The normalized spacial score (nSPS) is 39.5. The third-order valence-corrected chi connectivity index (χ3v) is 5.80. The number of H-pyrrole nitrogens is 1. The van der Waals surface area contributed by atoms with Gasteiger partial charge < -0.3 is 35.3 Å². The van der Waals surface area contributed by atoms with Crippen molar-refractivity contribution < 1.29 is 30.3 Å². The Morgan fingerprint density at radius 1 is 1.26 bits per heavy atom. The number of benzene rings is 1. The molecule has 0 saturated carbocycles. The fraction of sp³-hybridized carbons (Fsp3) is 0.429. The number of hydrogen-bond donors (Lipinski definition) is 6. The molecule has 1 unspecified atom stereocenters. The SMILES string of the molecule is OC(Cl)[C@@]1(Br)O[C@H](O)[C@H](O)[C@](O)(c2c[nH]c3ccccc23)[C@@H]1O. The second kappa shape index (κ2) is 5.68. The first-order valence-electron chi connectivity index (χ1n) is 6.75. The van der Waals surface area contributed by atoms with Gasteiger partial charge in [0.1, 0.15) is 12.2 Å². The van der Waals surface area contributed by atoms with E-state index in [0.717, 1.165) is 0 Å². The van der Waals surface area contributed by atoms with Crippen molar-refractivity contribution in [2.45, 2.75) is 34.2 Å². The van der Waals surface area contributed by atoms with Crippen LogP contribution in [0.4, 0.5) is 0 Å². The van der Waals surface area contributed by atoms with E-state index in [4.69, 9.17) is 16.3 Å². The van der Waals surface area contributed by atoms with Crippen molar-refractivity contribution >= 4 is 38.4 Å². The van der Waals surface area contributed by atoms with Gasteiger partial charge in [0, 0.05) is 22.7 Å². The Balaban J connectivity index is 2.20. The molecule has 0 radical (unpaired) electrons. The number of aromatic nitrogens is 1. The zero-order valence-corrected chi connectivity index (χ0v) is 13.9. The molecule has 6 N–H and O–H groups in total. The lowest BCUT2D eigenvalue weighted by atomic mass is 9.78. The lowest BCUT2D eigenvalue weighted by molar-refractivity contribution is -0.337. The van der Waals surface area contributed by atoms with Crippen LogP contribution in [0.25, 0.3) is 10.9 Å². The second-order valence-electron chi connectivity index (χ2n) is 5.46. The maximum atomic E-state index is 11.1. The number of aliphatic hydroxyl groups is 5. The number of alkyl halides is 2. The van der Waals surface area contributed by atoms with Crippen molar-refractivity contribution in [2.24, 2.45) is 0 Å². The molecular weight excluding hydrogens is 394 g/mol. The fourth-order valence-electron chi connectivity index (χ4n) is 2.89. The summed E-state index contributed by atoms with van der Waals surface area (Å²) in [5.41, 5.74) is -3.37. The van der Waals surface area contributed by atoms with E-state index in [9.17, 15) is 25.5 Å². The van der Waals surface area contributed by atoms with Gasteiger partial charge in [0.25, 0.3) is 0 Å². The van der Waals surface area contributed by atoms with Crippen LogP contribution >= 0.6 is 27.5 Å². The Hall–Kier alpha value is -0.710. The Morgan fingerprint density at radius 3 is 2.57 bits per heavy atom. The zero-order valence-electron chi connectivity index (χ0n) is 11.6. The number of fused-ring (bicyclic) bond motifs is 1. The molecule has 2 heterocycles. The molecule has 23 heavy (non-hydrogen) atoms. The van der Waals surface area contributed by atoms with Crippen LogP contribution in [0, 0.1) is 0 Å². The maximum Gasteiger partial charge on any atom is 0.194 e. The van der Waals surface area contributed by atoms with Gasteiger partial charge in [-0.3, -0.25) is 0 Å². The third kappa shape index (κ3) is 2.33. The number of nitrogens with one attached hydrogen (secondary N) is 1. The number of aliphatic hydroxyl groups excluding tert-OH is 4. The van der Waals surface area contributed by atoms with Crippen LogP contribution < -0.4 is 0 Å². The van der Waals surface area contributed by atoms with Gasteiger partial charge in [0.15, 0.2) is 22.0 Å². The van der Waals surface area contributed by atoms with Crippen LogP contribution in [0.5, 0.6) is 0 Å². The van der Waals surface area contributed by atoms with Crippen molar-refractivity contribution in [3.05, 3.63) is 36.0 Å². The summed E-state index contributed by atoms with van der Waals surface area (Å²) in [5.74, 6) is 0. The summed E-state index contributed by atoms with van der Waals surface area (Å²) in [4.78, 5) is 2.91. The fourth-order valence-corrected chi connectivity index (χ4v) is 3.60. The minimum absolute atomic E-state index is 0.136. The summed E-state index contributed by atoms with van der Waals surface area (Å²) in [5, 5.41) is 52.1. The van der Waals surface area contributed by atoms with Crippen LogP contribution in [0.1, 0.15) is 5.56 Å². The van der Waals surface area contributed by atoms with Crippen LogP contribution in [0.3, 0.4) is 0 Å². The Kier molecular flexibility index (Phi) is 4.23. The standard InChI is InChI=1S/C14H15BrClNO6/c15-14(12(16)21)11(20)13(22,9(18)10(19)23-14)7-5-17-8-4-2-1-3-6(7)8/h1-5,9-12,17-22H/t9-,10-,11-,12?,13+,14-/m0/s1. The molecule has 3 rings (SSSR count). The summed E-state index contributed by atoms with van der Waals surface area (Å²) in [6, 6.07) is 6.91. The van der Waals surface area contributed by atoms with Gasteiger partial charge in [0.05, 0.1) is 0 Å². The van der Waals surface area contributed by atoms with Gasteiger partial charge in [-0.15, -0.1) is 0 Å². The van der Waals surface area contributed by atoms with Gasteiger partial charge in [-0.05, 0) is 22.0 Å². The van der Waals surface area contributed by atoms with Crippen LogP contribution in [0.15, 0.2) is 30.5 Å². The second-order valence-corrected chi connectivity index (χ2v) is 7.12. The number of para-hydroxylation sites is 1. The molecular formula is C14H15BrClNO6. The number of halogens is 2. The van der Waals surface area contributed by atoms with E-state index in [-0.39, 0.29) is 5.56 Å². The molecule has 2 aromatic rings. The molecule has 126 valence electrons. The van der Waals surface area contributed by atoms with Crippen molar-refractivity contribution in [1.29, 1.82) is 0 Å². The molecule has 1 aliphatic heterocycles. The predicted molar refractivity (Wildman–Crippen MR) is 84.8 cm³/mol. The topological polar surface area (TPSA) is 126 Å². The molecule has 0 bridgehead atoms. The van der Waals surface area contributed by atoms with Crippen molar-refractivity contribution in [3.63, 3.8) is 0 Å². The minimum atomic E-state index is -2.35. The molecule has 1 aromatic carbocycles. The quantitative estimate of drug-likeness (QED) is 0.391. The first kappa shape index (κ1) is 17.1. The minimum Gasteiger partial charge on any atom is -0.385 e. The first-order chi connectivity index (χ1) is 10.7. The smallest absolute Gasteiger partial charge is 0.194 e. The summed E-state index contributed by atoms with van der Waals surface area (Å²) >= 11 is 8.55. The van der Waals surface area contributed by atoms with Crippen LogP contribution in [-0.2, 0) is 10.3 Å². The number of rotatable bonds is 2. The van der Waals surface area contributed by atoms with Crippen molar-refractivity contribution in [2.75, 3.05) is 0 Å². The molecule has 1 fully saturated rings. The first-order valence-corrected chi connectivity index (χ1v) is 7.98. The molecule has 6 atom stereocenters. The van der Waals surface area contributed by atoms with Gasteiger partial charge in [-0.1, -0.05) is 29.8 Å². The van der Waals surface area contributed by atoms with Gasteiger partial charge in [-0.25, -0.2) is 0 Å². The summed E-state index contributed by atoms with van der Waals surface area (Å²) in [6.07, 6.45) is -4.26. The van der Waals surface area contributed by atoms with E-state index in [1.165, 1.54) is 6.20 Å². The lowest BCUT2D eigenvalue weighted by Gasteiger charge is -2.51. The largest absolute Gasteiger partial charge is 0.385 e. The Morgan fingerprint density at radius 2 is 1.91 bits per heavy atom. The number of hydrogen-bond acceptors (Lipinski definition) is 6. The molecule has 1 aliphatic rings. The van der Waals surface area contributed by atoms with E-state index in [1.807, 2.05) is 0 Å². The summed E-state index contributed by atoms with van der Waals surface area (Å²) in [7, 11) is 0. The molecule has 1 aromatic heterocycles. The average molecular weight is 409 g/mol. The van der Waals surface area contributed by atoms with Gasteiger partial charge in [-0.2, -0.15) is 0 Å². The summed E-state index contributed by atoms with van der Waals surface area (Å²) in [6.45, 7) is 0. The lowest BCUT2D eigenvalue weighted by Crippen LogP contribution is -2.70. The van der Waals surface area contributed by atoms with Gasteiger partial charge in [0.2, 0.25) is 0 Å². The van der Waals surface area contributed by atoms with Crippen LogP contribution in [0.2, 0.25) is 0 Å². The molecule has 1 saturated heterocycles. The summed E-state index contributed by atoms with van der Waals surface area (Å²) < 4.78 is 2.90. The van der Waals surface area contributed by atoms with E-state index in [2.05, 4.69) is 20.9 Å². The van der Waals surface area contributed by atoms with E-state index < -0.39 is 34.2 Å². The molecule has 0 amide bonds. The van der Waals surface area contributed by atoms with E-state index in [0.29, 0.717) is 10.9 Å². The highest BCUT2D eigenvalue weighted by Crippen LogP contribution is 2.48. The zero-order chi connectivity index (χ0) is 17.0. The average Bonchev–Trinajstić information content (AvgIpc) is 2.95. The Labute approximate surface area is 144 Å². The Bertz CT molecular complexity index is 726. The van der Waals surface area contributed by atoms with Gasteiger partial charge >= 0.3 is 0 Å². The predicted octanol–water partition coefficient (Wildman–Crippen LogP) is 0.0743. The monoisotopic (exact) mass is 407 g/mol. The number of aromatic amines is 1. The van der Waals surface area contributed by atoms with E-state index >= 15 is 0 Å². The highest BCUT2D eigenvalue weighted by Gasteiger charge is 2.64.